The first kappa shape index (κ1) is 16.0. The minimum absolute atomic E-state index is 0.0588. The van der Waals surface area contributed by atoms with E-state index in [1.807, 2.05) is 13.8 Å². The third-order valence-corrected chi connectivity index (χ3v) is 4.48. The van der Waals surface area contributed by atoms with Crippen LogP contribution in [-0.4, -0.2) is 21.9 Å². The fraction of sp³-hybridized carbons (Fsp3) is 0.462. The van der Waals surface area contributed by atoms with E-state index < -0.39 is 10.8 Å². The number of benzene rings is 1. The summed E-state index contributed by atoms with van der Waals surface area (Å²) < 4.78 is 12.0. The number of nitrogen functional groups attached to an aromatic ring is 1. The topological polar surface area (TPSA) is 72.2 Å². The average Bonchev–Trinajstić information content (AvgIpc) is 2.38. The second kappa shape index (κ2) is 7.50. The SMILES string of the molecule is CCC(CC)NC(=O)CS(=O)c1ccc(N)c(Cl)c1. The Labute approximate surface area is 121 Å². The van der Waals surface area contributed by atoms with Crippen LogP contribution in [0.15, 0.2) is 23.1 Å². The van der Waals surface area contributed by atoms with Gasteiger partial charge in [0.25, 0.3) is 0 Å². The molecule has 0 saturated heterocycles. The van der Waals surface area contributed by atoms with Gasteiger partial charge in [-0.25, -0.2) is 0 Å². The Morgan fingerprint density at radius 1 is 1.42 bits per heavy atom. The van der Waals surface area contributed by atoms with Gasteiger partial charge in [-0.3, -0.25) is 9.00 Å². The molecular weight excluding hydrogens is 284 g/mol. The van der Waals surface area contributed by atoms with E-state index >= 15 is 0 Å². The van der Waals surface area contributed by atoms with Crippen LogP contribution < -0.4 is 11.1 Å². The Kier molecular flexibility index (Phi) is 6.31. The van der Waals surface area contributed by atoms with Gasteiger partial charge >= 0.3 is 0 Å². The zero-order chi connectivity index (χ0) is 14.4. The molecule has 4 nitrogen and oxygen atoms in total. The summed E-state index contributed by atoms with van der Waals surface area (Å²) in [6.45, 7) is 4.01. The van der Waals surface area contributed by atoms with E-state index in [0.717, 1.165) is 12.8 Å². The van der Waals surface area contributed by atoms with Crippen molar-refractivity contribution in [3.8, 4) is 0 Å². The molecule has 0 spiro atoms. The van der Waals surface area contributed by atoms with E-state index in [0.29, 0.717) is 15.6 Å². The van der Waals surface area contributed by atoms with Crippen LogP contribution in [-0.2, 0) is 15.6 Å². The van der Waals surface area contributed by atoms with E-state index in [1.54, 1.807) is 12.1 Å². The minimum Gasteiger partial charge on any atom is -0.398 e. The van der Waals surface area contributed by atoms with Gasteiger partial charge in [0, 0.05) is 10.9 Å². The van der Waals surface area contributed by atoms with Gasteiger partial charge in [0.1, 0.15) is 5.75 Å². The van der Waals surface area contributed by atoms with Crippen LogP contribution in [0.1, 0.15) is 26.7 Å². The molecule has 1 aromatic rings. The highest BCUT2D eigenvalue weighted by molar-refractivity contribution is 7.85. The smallest absolute Gasteiger partial charge is 0.233 e. The van der Waals surface area contributed by atoms with Gasteiger partial charge < -0.3 is 11.1 Å². The summed E-state index contributed by atoms with van der Waals surface area (Å²) >= 11 is 5.86. The molecule has 0 heterocycles. The van der Waals surface area contributed by atoms with Crippen molar-refractivity contribution >= 4 is 34.0 Å². The van der Waals surface area contributed by atoms with Crippen molar-refractivity contribution in [2.24, 2.45) is 0 Å². The fourth-order valence-corrected chi connectivity index (χ4v) is 2.82. The van der Waals surface area contributed by atoms with E-state index in [1.165, 1.54) is 6.07 Å². The maximum absolute atomic E-state index is 12.0. The lowest BCUT2D eigenvalue weighted by molar-refractivity contribution is -0.119. The molecule has 0 radical (unpaired) electrons. The highest BCUT2D eigenvalue weighted by Gasteiger charge is 2.14. The first-order chi connectivity index (χ1) is 8.97. The van der Waals surface area contributed by atoms with Crippen LogP contribution in [0.25, 0.3) is 0 Å². The molecule has 0 aliphatic rings. The summed E-state index contributed by atoms with van der Waals surface area (Å²) in [5, 5.41) is 3.21. The molecule has 1 rings (SSSR count). The van der Waals surface area contributed by atoms with E-state index in [2.05, 4.69) is 5.32 Å². The second-order valence-corrected chi connectivity index (χ2v) is 6.11. The normalized spacial score (nSPS) is 12.4. The second-order valence-electron chi connectivity index (χ2n) is 4.25. The molecule has 19 heavy (non-hydrogen) atoms. The number of anilines is 1. The number of hydrogen-bond acceptors (Lipinski definition) is 3. The largest absolute Gasteiger partial charge is 0.398 e. The van der Waals surface area contributed by atoms with Gasteiger partial charge in [-0.05, 0) is 31.0 Å². The lowest BCUT2D eigenvalue weighted by atomic mass is 10.2. The van der Waals surface area contributed by atoms with Crippen LogP contribution in [0.3, 0.4) is 0 Å². The number of nitrogens with one attached hydrogen (secondary N) is 1. The van der Waals surface area contributed by atoms with Crippen molar-refractivity contribution in [3.63, 3.8) is 0 Å². The first-order valence-corrected chi connectivity index (χ1v) is 7.90. The molecule has 0 aliphatic carbocycles. The number of hydrogen-bond donors (Lipinski definition) is 2. The van der Waals surface area contributed by atoms with Crippen molar-refractivity contribution in [1.29, 1.82) is 0 Å². The summed E-state index contributed by atoms with van der Waals surface area (Å²) in [7, 11) is -1.40. The van der Waals surface area contributed by atoms with Crippen molar-refractivity contribution < 1.29 is 9.00 Å². The Balaban J connectivity index is 2.64. The summed E-state index contributed by atoms with van der Waals surface area (Å²) in [5.41, 5.74) is 6.02. The highest BCUT2D eigenvalue weighted by Crippen LogP contribution is 2.21. The Hall–Kier alpha value is -1.07. The van der Waals surface area contributed by atoms with Crippen molar-refractivity contribution in [2.45, 2.75) is 37.6 Å². The molecule has 1 unspecified atom stereocenters. The molecule has 0 bridgehead atoms. The van der Waals surface area contributed by atoms with Crippen molar-refractivity contribution in [1.82, 2.24) is 5.32 Å². The zero-order valence-corrected chi connectivity index (χ0v) is 12.7. The maximum Gasteiger partial charge on any atom is 0.233 e. The Morgan fingerprint density at radius 3 is 2.58 bits per heavy atom. The molecule has 1 amide bonds. The molecule has 1 aromatic carbocycles. The standard InChI is InChI=1S/C13H19ClN2O2S/c1-3-9(4-2)16-13(17)8-19(18)10-5-6-12(15)11(14)7-10/h5-7,9H,3-4,8,15H2,1-2H3,(H,16,17). The van der Waals surface area contributed by atoms with E-state index in [9.17, 15) is 9.00 Å². The number of carbonyl (C=O) groups is 1. The summed E-state index contributed by atoms with van der Waals surface area (Å²) in [4.78, 5) is 12.3. The van der Waals surface area contributed by atoms with Gasteiger partial charge in [0.05, 0.1) is 21.5 Å². The molecule has 0 aliphatic heterocycles. The number of nitrogens with two attached hydrogens (primary N) is 1. The van der Waals surface area contributed by atoms with Crippen LogP contribution >= 0.6 is 11.6 Å². The number of carbonyl (C=O) groups excluding carboxylic acids is 1. The van der Waals surface area contributed by atoms with Gasteiger partial charge in [-0.2, -0.15) is 0 Å². The molecule has 6 heteroatoms. The van der Waals surface area contributed by atoms with Gasteiger partial charge in [0.2, 0.25) is 5.91 Å². The predicted octanol–water partition coefficient (Wildman–Crippen LogP) is 2.33. The van der Waals surface area contributed by atoms with Gasteiger partial charge in [-0.15, -0.1) is 0 Å². The summed E-state index contributed by atoms with van der Waals surface area (Å²) in [6.07, 6.45) is 1.73. The first-order valence-electron chi connectivity index (χ1n) is 6.20. The van der Waals surface area contributed by atoms with Gasteiger partial charge in [-0.1, -0.05) is 25.4 Å². The van der Waals surface area contributed by atoms with Crippen LogP contribution in [0.4, 0.5) is 5.69 Å². The summed E-state index contributed by atoms with van der Waals surface area (Å²) in [5.74, 6) is -0.267. The van der Waals surface area contributed by atoms with Crippen LogP contribution in [0.2, 0.25) is 5.02 Å². The molecule has 106 valence electrons. The summed E-state index contributed by atoms with van der Waals surface area (Å²) in [6, 6.07) is 4.90. The molecular formula is C13H19ClN2O2S. The quantitative estimate of drug-likeness (QED) is 0.792. The maximum atomic E-state index is 12.0. The lowest BCUT2D eigenvalue weighted by Gasteiger charge is -2.14. The number of rotatable bonds is 6. The molecule has 0 aromatic heterocycles. The third kappa shape index (κ3) is 4.84. The number of halogens is 1. The van der Waals surface area contributed by atoms with Crippen LogP contribution in [0.5, 0.6) is 0 Å². The van der Waals surface area contributed by atoms with E-state index in [-0.39, 0.29) is 17.7 Å². The minimum atomic E-state index is -1.40. The molecule has 0 fully saturated rings. The predicted molar refractivity (Wildman–Crippen MR) is 79.7 cm³/mol. The van der Waals surface area contributed by atoms with Crippen molar-refractivity contribution in [3.05, 3.63) is 23.2 Å². The molecule has 1 atom stereocenters. The third-order valence-electron chi connectivity index (χ3n) is 2.85. The molecule has 3 N–H and O–H groups in total. The highest BCUT2D eigenvalue weighted by atomic mass is 35.5. The molecule has 0 saturated carbocycles. The monoisotopic (exact) mass is 302 g/mol. The Bertz CT molecular complexity index is 476. The fourth-order valence-electron chi connectivity index (χ4n) is 1.61. The number of amides is 1. The van der Waals surface area contributed by atoms with Gasteiger partial charge in [0.15, 0.2) is 0 Å². The average molecular weight is 303 g/mol. The lowest BCUT2D eigenvalue weighted by Crippen LogP contribution is -2.36. The van der Waals surface area contributed by atoms with Crippen LogP contribution in [0, 0.1) is 0 Å². The Morgan fingerprint density at radius 2 is 2.05 bits per heavy atom. The van der Waals surface area contributed by atoms with E-state index in [4.69, 9.17) is 17.3 Å². The zero-order valence-electron chi connectivity index (χ0n) is 11.1. The van der Waals surface area contributed by atoms with Crippen molar-refractivity contribution in [2.75, 3.05) is 11.5 Å².